The first-order valence-electron chi connectivity index (χ1n) is 9.43. The van der Waals surface area contributed by atoms with E-state index in [4.69, 9.17) is 0 Å². The van der Waals surface area contributed by atoms with Gasteiger partial charge in [-0.15, -0.1) is 34.0 Å². The first-order valence-corrected chi connectivity index (χ1v) is 12.1. The van der Waals surface area contributed by atoms with E-state index in [-0.39, 0.29) is 12.3 Å². The van der Waals surface area contributed by atoms with Crippen molar-refractivity contribution < 1.29 is 4.79 Å². The molecule has 1 aromatic carbocycles. The molecule has 4 heterocycles. The summed E-state index contributed by atoms with van der Waals surface area (Å²) in [6, 6.07) is 14.4. The molecule has 146 valence electrons. The standard InChI is InChI=1S/C22H19N3OS3/c26-21(12-17-14-29-22(24-17)20-2-1-10-27-20)23-16-3-5-18(6-4-16)25-9-7-19-15(13-25)8-11-28-19/h1-6,8,10-11,14H,7,9,12-13H2,(H,23,26). The highest BCUT2D eigenvalue weighted by Crippen LogP contribution is 2.29. The van der Waals surface area contributed by atoms with Crippen molar-refractivity contribution >= 4 is 51.3 Å². The Morgan fingerprint density at radius 1 is 1.07 bits per heavy atom. The summed E-state index contributed by atoms with van der Waals surface area (Å²) in [6.45, 7) is 2.00. The van der Waals surface area contributed by atoms with E-state index in [2.05, 4.69) is 44.8 Å². The van der Waals surface area contributed by atoms with Crippen LogP contribution in [0.2, 0.25) is 0 Å². The number of fused-ring (bicyclic) bond motifs is 1. The van der Waals surface area contributed by atoms with E-state index in [1.54, 1.807) is 22.7 Å². The van der Waals surface area contributed by atoms with Crippen LogP contribution in [0.25, 0.3) is 9.88 Å². The average Bonchev–Trinajstić information content (AvgIpc) is 3.49. The molecule has 4 aromatic rings. The predicted octanol–water partition coefficient (Wildman–Crippen LogP) is 5.68. The quantitative estimate of drug-likeness (QED) is 0.437. The fourth-order valence-corrected chi connectivity index (χ4v) is 6.02. The van der Waals surface area contributed by atoms with Gasteiger partial charge in [-0.1, -0.05) is 6.07 Å². The zero-order chi connectivity index (χ0) is 19.6. The molecule has 7 heteroatoms. The second kappa shape index (κ2) is 8.10. The molecule has 0 bridgehead atoms. The Balaban J connectivity index is 1.19. The van der Waals surface area contributed by atoms with E-state index >= 15 is 0 Å². The summed E-state index contributed by atoms with van der Waals surface area (Å²) in [5, 5.41) is 10.1. The molecule has 1 aliphatic heterocycles. The van der Waals surface area contributed by atoms with Crippen LogP contribution in [-0.4, -0.2) is 17.4 Å². The van der Waals surface area contributed by atoms with Crippen molar-refractivity contribution in [3.05, 3.63) is 74.7 Å². The lowest BCUT2D eigenvalue weighted by Gasteiger charge is -2.29. The minimum Gasteiger partial charge on any atom is -0.367 e. The zero-order valence-corrected chi connectivity index (χ0v) is 18.1. The fraction of sp³-hybridized carbons (Fsp3) is 0.182. The van der Waals surface area contributed by atoms with Crippen LogP contribution in [0, 0.1) is 0 Å². The fourth-order valence-electron chi connectivity index (χ4n) is 3.50. The van der Waals surface area contributed by atoms with E-state index in [0.29, 0.717) is 0 Å². The Morgan fingerprint density at radius 3 is 2.79 bits per heavy atom. The number of thiophene rings is 2. The predicted molar refractivity (Wildman–Crippen MR) is 123 cm³/mol. The minimum absolute atomic E-state index is 0.0401. The van der Waals surface area contributed by atoms with E-state index in [1.807, 2.05) is 40.3 Å². The summed E-state index contributed by atoms with van der Waals surface area (Å²) in [5.74, 6) is -0.0401. The van der Waals surface area contributed by atoms with Crippen molar-refractivity contribution in [3.63, 3.8) is 0 Å². The highest BCUT2D eigenvalue weighted by molar-refractivity contribution is 7.20. The third-order valence-electron chi connectivity index (χ3n) is 4.95. The van der Waals surface area contributed by atoms with E-state index in [0.717, 1.165) is 40.8 Å². The Labute approximate surface area is 181 Å². The number of anilines is 2. The molecule has 3 aromatic heterocycles. The van der Waals surface area contributed by atoms with Gasteiger partial charge in [0.2, 0.25) is 5.91 Å². The molecule has 5 rings (SSSR count). The van der Waals surface area contributed by atoms with Gasteiger partial charge in [0.25, 0.3) is 0 Å². The SMILES string of the molecule is O=C(Cc1csc(-c2cccs2)n1)Nc1ccc(N2CCc3sccc3C2)cc1. The molecule has 0 fully saturated rings. The summed E-state index contributed by atoms with van der Waals surface area (Å²) in [4.78, 5) is 22.0. The summed E-state index contributed by atoms with van der Waals surface area (Å²) in [6.07, 6.45) is 1.39. The van der Waals surface area contributed by atoms with Crippen LogP contribution < -0.4 is 10.2 Å². The number of rotatable bonds is 5. The van der Waals surface area contributed by atoms with Crippen molar-refractivity contribution in [1.82, 2.24) is 4.98 Å². The summed E-state index contributed by atoms with van der Waals surface area (Å²) < 4.78 is 0. The van der Waals surface area contributed by atoms with Gasteiger partial charge in [-0.25, -0.2) is 4.98 Å². The lowest BCUT2D eigenvalue weighted by Crippen LogP contribution is -2.29. The van der Waals surface area contributed by atoms with E-state index in [9.17, 15) is 4.79 Å². The molecule has 0 saturated heterocycles. The number of nitrogens with one attached hydrogen (secondary N) is 1. The number of hydrogen-bond acceptors (Lipinski definition) is 6. The van der Waals surface area contributed by atoms with Crippen LogP contribution in [-0.2, 0) is 24.2 Å². The molecular weight excluding hydrogens is 418 g/mol. The first-order chi connectivity index (χ1) is 14.2. The van der Waals surface area contributed by atoms with Crippen molar-refractivity contribution in [2.24, 2.45) is 0 Å². The number of benzene rings is 1. The van der Waals surface area contributed by atoms with Crippen LogP contribution in [0.5, 0.6) is 0 Å². The molecule has 0 unspecified atom stereocenters. The van der Waals surface area contributed by atoms with Gasteiger partial charge in [0.15, 0.2) is 0 Å². The van der Waals surface area contributed by atoms with E-state index < -0.39 is 0 Å². The van der Waals surface area contributed by atoms with E-state index in [1.165, 1.54) is 16.1 Å². The number of hydrogen-bond donors (Lipinski definition) is 1. The van der Waals surface area contributed by atoms with Gasteiger partial charge < -0.3 is 10.2 Å². The van der Waals surface area contributed by atoms with Crippen molar-refractivity contribution in [3.8, 4) is 9.88 Å². The lowest BCUT2D eigenvalue weighted by molar-refractivity contribution is -0.115. The average molecular weight is 438 g/mol. The smallest absolute Gasteiger partial charge is 0.230 e. The van der Waals surface area contributed by atoms with Gasteiger partial charge in [-0.05, 0) is 59.1 Å². The van der Waals surface area contributed by atoms with Gasteiger partial charge in [0.1, 0.15) is 5.01 Å². The number of amides is 1. The van der Waals surface area contributed by atoms with Crippen LogP contribution in [0.3, 0.4) is 0 Å². The molecule has 0 aliphatic carbocycles. The van der Waals surface area contributed by atoms with Gasteiger partial charge in [-0.2, -0.15) is 0 Å². The van der Waals surface area contributed by atoms with Gasteiger partial charge in [0.05, 0.1) is 17.0 Å². The summed E-state index contributed by atoms with van der Waals surface area (Å²) in [7, 11) is 0. The molecular formula is C22H19N3OS3. The maximum atomic E-state index is 12.4. The minimum atomic E-state index is -0.0401. The first kappa shape index (κ1) is 18.5. The number of carbonyl (C=O) groups excluding carboxylic acids is 1. The highest BCUT2D eigenvalue weighted by Gasteiger charge is 2.17. The van der Waals surface area contributed by atoms with Crippen LogP contribution >= 0.6 is 34.0 Å². The largest absolute Gasteiger partial charge is 0.367 e. The van der Waals surface area contributed by atoms with Crippen LogP contribution in [0.1, 0.15) is 16.1 Å². The molecule has 0 spiro atoms. The molecule has 0 saturated carbocycles. The summed E-state index contributed by atoms with van der Waals surface area (Å²) in [5.41, 5.74) is 4.26. The Morgan fingerprint density at radius 2 is 1.97 bits per heavy atom. The molecule has 0 radical (unpaired) electrons. The highest BCUT2D eigenvalue weighted by atomic mass is 32.1. The van der Waals surface area contributed by atoms with Crippen LogP contribution in [0.15, 0.2) is 58.6 Å². The number of thiazole rings is 1. The third-order valence-corrected chi connectivity index (χ3v) is 7.90. The van der Waals surface area contributed by atoms with Crippen molar-refractivity contribution in [1.29, 1.82) is 0 Å². The molecule has 1 N–H and O–H groups in total. The molecule has 4 nitrogen and oxygen atoms in total. The number of aromatic nitrogens is 1. The third kappa shape index (κ3) is 4.12. The van der Waals surface area contributed by atoms with Crippen molar-refractivity contribution in [2.45, 2.75) is 19.4 Å². The Bertz CT molecular complexity index is 1110. The number of carbonyl (C=O) groups is 1. The maximum Gasteiger partial charge on any atom is 0.230 e. The molecule has 0 atom stereocenters. The zero-order valence-electron chi connectivity index (χ0n) is 15.6. The second-order valence-corrected chi connectivity index (χ2v) is 9.74. The molecule has 1 aliphatic rings. The van der Waals surface area contributed by atoms with Crippen LogP contribution in [0.4, 0.5) is 11.4 Å². The monoisotopic (exact) mass is 437 g/mol. The number of nitrogens with zero attached hydrogens (tertiary/aromatic N) is 2. The Hall–Kier alpha value is -2.48. The normalized spacial score (nSPS) is 13.3. The maximum absolute atomic E-state index is 12.4. The molecule has 29 heavy (non-hydrogen) atoms. The van der Waals surface area contributed by atoms with Gasteiger partial charge in [0, 0.05) is 34.7 Å². The van der Waals surface area contributed by atoms with Gasteiger partial charge in [-0.3, -0.25) is 4.79 Å². The Kier molecular flexibility index (Phi) is 5.18. The van der Waals surface area contributed by atoms with Crippen molar-refractivity contribution in [2.75, 3.05) is 16.8 Å². The molecule has 1 amide bonds. The topological polar surface area (TPSA) is 45.2 Å². The second-order valence-electron chi connectivity index (χ2n) is 6.93. The lowest BCUT2D eigenvalue weighted by atomic mass is 10.1. The van der Waals surface area contributed by atoms with Gasteiger partial charge >= 0.3 is 0 Å². The summed E-state index contributed by atoms with van der Waals surface area (Å²) >= 11 is 5.10.